The van der Waals surface area contributed by atoms with Crippen molar-refractivity contribution in [3.05, 3.63) is 64.9 Å². The van der Waals surface area contributed by atoms with Crippen LogP contribution in [0, 0.1) is 17.1 Å². The van der Waals surface area contributed by atoms with Crippen LogP contribution in [0.2, 0.25) is 5.02 Å². The van der Waals surface area contributed by atoms with Crippen molar-refractivity contribution in [2.45, 2.75) is 5.92 Å². The van der Waals surface area contributed by atoms with E-state index in [1.54, 1.807) is 6.07 Å². The van der Waals surface area contributed by atoms with Crippen molar-refractivity contribution in [2.75, 3.05) is 11.9 Å². The molecule has 0 saturated heterocycles. The fourth-order valence-electron chi connectivity index (χ4n) is 1.77. The van der Waals surface area contributed by atoms with E-state index in [0.29, 0.717) is 17.3 Å². The van der Waals surface area contributed by atoms with Crippen molar-refractivity contribution in [3.63, 3.8) is 0 Å². The molecule has 2 aromatic rings. The van der Waals surface area contributed by atoms with E-state index in [0.717, 1.165) is 5.56 Å². The van der Waals surface area contributed by atoms with Crippen LogP contribution in [-0.2, 0) is 0 Å². The molecule has 0 radical (unpaired) electrons. The predicted octanol–water partition coefficient (Wildman–Crippen LogP) is 4.20. The van der Waals surface area contributed by atoms with Gasteiger partial charge >= 0.3 is 0 Å². The average Bonchev–Trinajstić information content (AvgIpc) is 2.43. The zero-order valence-electron chi connectivity index (χ0n) is 10.1. The monoisotopic (exact) mass is 274 g/mol. The van der Waals surface area contributed by atoms with Crippen molar-refractivity contribution in [1.82, 2.24) is 0 Å². The molecule has 0 amide bonds. The van der Waals surface area contributed by atoms with Gasteiger partial charge in [0.2, 0.25) is 0 Å². The van der Waals surface area contributed by atoms with Crippen LogP contribution in [0.25, 0.3) is 0 Å². The van der Waals surface area contributed by atoms with Crippen molar-refractivity contribution >= 4 is 17.3 Å². The second-order valence-electron chi connectivity index (χ2n) is 4.10. The zero-order chi connectivity index (χ0) is 13.7. The molecule has 0 aromatic heterocycles. The van der Waals surface area contributed by atoms with Crippen LogP contribution in [0.4, 0.5) is 10.1 Å². The summed E-state index contributed by atoms with van der Waals surface area (Å²) in [5.41, 5.74) is 1.56. The van der Waals surface area contributed by atoms with Gasteiger partial charge in [0.1, 0.15) is 5.82 Å². The molecule has 19 heavy (non-hydrogen) atoms. The highest BCUT2D eigenvalue weighted by atomic mass is 35.5. The van der Waals surface area contributed by atoms with Crippen LogP contribution >= 0.6 is 11.6 Å². The minimum absolute atomic E-state index is 0.276. The minimum Gasteiger partial charge on any atom is -0.382 e. The molecule has 1 N–H and O–H groups in total. The van der Waals surface area contributed by atoms with E-state index in [-0.39, 0.29) is 11.7 Å². The maximum Gasteiger partial charge on any atom is 0.124 e. The van der Waals surface area contributed by atoms with E-state index < -0.39 is 0 Å². The van der Waals surface area contributed by atoms with Gasteiger partial charge in [-0.05, 0) is 23.8 Å². The van der Waals surface area contributed by atoms with E-state index in [9.17, 15) is 9.65 Å². The number of anilines is 1. The van der Waals surface area contributed by atoms with E-state index in [1.165, 1.54) is 12.1 Å². The molecule has 0 fully saturated rings. The largest absolute Gasteiger partial charge is 0.382 e. The molecule has 2 nitrogen and oxygen atoms in total. The van der Waals surface area contributed by atoms with Gasteiger partial charge in [-0.25, -0.2) is 4.39 Å². The summed E-state index contributed by atoms with van der Waals surface area (Å²) in [6.07, 6.45) is 0. The number of nitrogens with one attached hydrogen (secondary N) is 1. The lowest BCUT2D eigenvalue weighted by molar-refractivity contribution is 0.628. The molecular formula is C15H12ClFN2. The summed E-state index contributed by atoms with van der Waals surface area (Å²) >= 11 is 5.92. The van der Waals surface area contributed by atoms with Gasteiger partial charge in [0, 0.05) is 6.54 Å². The first-order valence-electron chi connectivity index (χ1n) is 5.84. The smallest absolute Gasteiger partial charge is 0.124 e. The van der Waals surface area contributed by atoms with Crippen molar-refractivity contribution in [3.8, 4) is 6.07 Å². The van der Waals surface area contributed by atoms with Crippen LogP contribution in [0.1, 0.15) is 11.5 Å². The fourth-order valence-corrected chi connectivity index (χ4v) is 2.00. The van der Waals surface area contributed by atoms with Crippen molar-refractivity contribution in [2.24, 2.45) is 0 Å². The molecule has 0 aliphatic carbocycles. The Bertz CT molecular complexity index is 593. The van der Waals surface area contributed by atoms with Crippen LogP contribution in [0.3, 0.4) is 0 Å². The molecule has 0 bridgehead atoms. The Morgan fingerprint density at radius 3 is 2.58 bits per heavy atom. The van der Waals surface area contributed by atoms with Gasteiger partial charge in [-0.3, -0.25) is 0 Å². The average molecular weight is 275 g/mol. The highest BCUT2D eigenvalue weighted by molar-refractivity contribution is 6.33. The number of rotatable bonds is 4. The van der Waals surface area contributed by atoms with Crippen LogP contribution in [0.5, 0.6) is 0 Å². The van der Waals surface area contributed by atoms with E-state index in [4.69, 9.17) is 11.6 Å². The quantitative estimate of drug-likeness (QED) is 0.907. The third kappa shape index (κ3) is 3.46. The Labute approximate surface area is 116 Å². The first-order chi connectivity index (χ1) is 9.20. The maximum atomic E-state index is 12.9. The number of hydrogen-bond donors (Lipinski definition) is 1. The Balaban J connectivity index is 2.07. The van der Waals surface area contributed by atoms with Gasteiger partial charge in [-0.2, -0.15) is 5.26 Å². The Morgan fingerprint density at radius 1 is 1.21 bits per heavy atom. The lowest BCUT2D eigenvalue weighted by atomic mass is 10.0. The molecule has 0 heterocycles. The molecule has 0 spiro atoms. The Hall–Kier alpha value is -2.05. The molecule has 0 aliphatic heterocycles. The number of benzene rings is 2. The number of nitrogens with zero attached hydrogens (tertiary/aromatic N) is 1. The molecule has 4 heteroatoms. The molecule has 1 unspecified atom stereocenters. The molecule has 0 aliphatic rings. The minimum atomic E-state index is -0.379. The summed E-state index contributed by atoms with van der Waals surface area (Å²) in [5, 5.41) is 12.6. The summed E-state index contributed by atoms with van der Waals surface area (Å²) in [4.78, 5) is 0. The summed E-state index contributed by atoms with van der Waals surface area (Å²) in [6, 6.07) is 15.9. The zero-order valence-corrected chi connectivity index (χ0v) is 10.9. The van der Waals surface area contributed by atoms with E-state index in [2.05, 4.69) is 11.4 Å². The van der Waals surface area contributed by atoms with Gasteiger partial charge in [-0.1, -0.05) is 41.9 Å². The fraction of sp³-hybridized carbons (Fsp3) is 0.133. The third-order valence-corrected chi connectivity index (χ3v) is 3.10. The van der Waals surface area contributed by atoms with Gasteiger partial charge in [0.25, 0.3) is 0 Å². The Kier molecular flexibility index (Phi) is 4.38. The third-order valence-electron chi connectivity index (χ3n) is 2.79. The first kappa shape index (κ1) is 13.4. The predicted molar refractivity (Wildman–Crippen MR) is 74.7 cm³/mol. The summed E-state index contributed by atoms with van der Waals surface area (Å²) in [7, 11) is 0. The number of halogens is 2. The summed E-state index contributed by atoms with van der Waals surface area (Å²) in [5.74, 6) is -0.655. The highest BCUT2D eigenvalue weighted by Crippen LogP contribution is 2.24. The van der Waals surface area contributed by atoms with Crippen LogP contribution in [-0.4, -0.2) is 6.54 Å². The van der Waals surface area contributed by atoms with Crippen molar-refractivity contribution < 1.29 is 4.39 Å². The van der Waals surface area contributed by atoms with E-state index >= 15 is 0 Å². The molecule has 1 atom stereocenters. The maximum absolute atomic E-state index is 12.9. The van der Waals surface area contributed by atoms with E-state index in [1.807, 2.05) is 30.3 Å². The molecule has 2 aromatic carbocycles. The van der Waals surface area contributed by atoms with Gasteiger partial charge in [-0.15, -0.1) is 0 Å². The molecular weight excluding hydrogens is 263 g/mol. The van der Waals surface area contributed by atoms with Gasteiger partial charge in [0.15, 0.2) is 0 Å². The van der Waals surface area contributed by atoms with Gasteiger partial charge < -0.3 is 5.32 Å². The topological polar surface area (TPSA) is 35.8 Å². The number of hydrogen-bond acceptors (Lipinski definition) is 2. The second-order valence-corrected chi connectivity index (χ2v) is 4.50. The van der Waals surface area contributed by atoms with Crippen LogP contribution < -0.4 is 5.32 Å². The van der Waals surface area contributed by atoms with Crippen molar-refractivity contribution in [1.29, 1.82) is 5.26 Å². The second kappa shape index (κ2) is 6.21. The lowest BCUT2D eigenvalue weighted by Crippen LogP contribution is -2.11. The molecule has 96 valence electrons. The first-order valence-corrected chi connectivity index (χ1v) is 6.22. The Morgan fingerprint density at radius 2 is 1.95 bits per heavy atom. The summed E-state index contributed by atoms with van der Waals surface area (Å²) in [6.45, 7) is 0.422. The normalized spacial score (nSPS) is 11.6. The molecule has 2 rings (SSSR count). The standard InChI is InChI=1S/C15H12ClFN2/c16-14-8-13(17)6-7-15(14)19-10-12(9-18)11-4-2-1-3-5-11/h1-8,12,19H,10H2. The van der Waals surface area contributed by atoms with Gasteiger partial charge in [0.05, 0.1) is 22.7 Å². The summed E-state index contributed by atoms with van der Waals surface area (Å²) < 4.78 is 12.9. The highest BCUT2D eigenvalue weighted by Gasteiger charge is 2.10. The molecule has 0 saturated carbocycles. The lowest BCUT2D eigenvalue weighted by Gasteiger charge is -2.13. The SMILES string of the molecule is N#CC(CNc1ccc(F)cc1Cl)c1ccccc1. The number of nitriles is 1. The van der Waals surface area contributed by atoms with Crippen LogP contribution in [0.15, 0.2) is 48.5 Å².